The van der Waals surface area contributed by atoms with Crippen LogP contribution in [0.2, 0.25) is 0 Å². The van der Waals surface area contributed by atoms with E-state index in [1.165, 1.54) is 0 Å². The molecule has 1 aliphatic rings. The van der Waals surface area contributed by atoms with Gasteiger partial charge in [-0.1, -0.05) is 0 Å². The molecule has 0 atom stereocenters. The molecule has 1 saturated heterocycles. The summed E-state index contributed by atoms with van der Waals surface area (Å²) in [6, 6.07) is 5.72. The molecule has 26 heavy (non-hydrogen) atoms. The molecule has 130 valence electrons. The molecule has 0 bridgehead atoms. The average Bonchev–Trinajstić information content (AvgIpc) is 3.15. The van der Waals surface area contributed by atoms with E-state index in [1.54, 1.807) is 35.5 Å². The van der Waals surface area contributed by atoms with Gasteiger partial charge in [-0.05, 0) is 12.1 Å². The van der Waals surface area contributed by atoms with Crippen LogP contribution in [0, 0.1) is 11.3 Å². The molecular formula is C18H18N8. The van der Waals surface area contributed by atoms with Crippen molar-refractivity contribution in [3.63, 3.8) is 0 Å². The third-order valence-electron chi connectivity index (χ3n) is 4.42. The molecule has 4 heterocycles. The smallest absolute Gasteiger partial charge is 0.147 e. The van der Waals surface area contributed by atoms with Crippen LogP contribution in [0.15, 0.2) is 43.1 Å². The minimum Gasteiger partial charge on any atom is -0.353 e. The number of aromatic nitrogens is 5. The summed E-state index contributed by atoms with van der Waals surface area (Å²) < 4.78 is 1.75. The molecule has 0 unspecified atom stereocenters. The van der Waals surface area contributed by atoms with Crippen LogP contribution in [0.25, 0.3) is 11.3 Å². The van der Waals surface area contributed by atoms with Gasteiger partial charge in [-0.3, -0.25) is 9.67 Å². The van der Waals surface area contributed by atoms with Crippen LogP contribution in [-0.4, -0.2) is 50.9 Å². The Bertz CT molecular complexity index is 950. The lowest BCUT2D eigenvalue weighted by molar-refractivity contribution is 0.641. The summed E-state index contributed by atoms with van der Waals surface area (Å²) in [4.78, 5) is 17.9. The summed E-state index contributed by atoms with van der Waals surface area (Å²) in [7, 11) is 1.88. The maximum atomic E-state index is 9.05. The van der Waals surface area contributed by atoms with Gasteiger partial charge < -0.3 is 9.80 Å². The third-order valence-corrected chi connectivity index (χ3v) is 4.42. The highest BCUT2D eigenvalue weighted by Gasteiger charge is 2.20. The summed E-state index contributed by atoms with van der Waals surface area (Å²) in [6.45, 7) is 3.29. The minimum atomic E-state index is 0.632. The second kappa shape index (κ2) is 6.80. The standard InChI is InChI=1S/C18H18N8/c1-24-13-15(10-22-24)16-11-20-12-18(23-16)26-6-4-25(5-7-26)17-8-14(9-19)2-3-21-17/h2-3,8,10-13H,4-7H2,1H3. The van der Waals surface area contributed by atoms with Crippen LogP contribution in [0.3, 0.4) is 0 Å². The lowest BCUT2D eigenvalue weighted by Gasteiger charge is -2.36. The third kappa shape index (κ3) is 3.19. The number of anilines is 2. The van der Waals surface area contributed by atoms with Crippen molar-refractivity contribution in [2.75, 3.05) is 36.0 Å². The Balaban J connectivity index is 1.47. The second-order valence-electron chi connectivity index (χ2n) is 6.15. The van der Waals surface area contributed by atoms with E-state index in [-0.39, 0.29) is 0 Å². The number of rotatable bonds is 3. The zero-order chi connectivity index (χ0) is 17.9. The summed E-state index contributed by atoms with van der Waals surface area (Å²) in [5.41, 5.74) is 2.41. The zero-order valence-corrected chi connectivity index (χ0v) is 14.4. The second-order valence-corrected chi connectivity index (χ2v) is 6.15. The number of nitrogens with zero attached hydrogens (tertiary/aromatic N) is 8. The molecule has 0 radical (unpaired) electrons. The van der Waals surface area contributed by atoms with E-state index >= 15 is 0 Å². The van der Waals surface area contributed by atoms with Crippen LogP contribution in [-0.2, 0) is 7.05 Å². The van der Waals surface area contributed by atoms with E-state index in [2.05, 4.69) is 30.9 Å². The molecule has 0 amide bonds. The fourth-order valence-corrected chi connectivity index (χ4v) is 3.03. The molecule has 8 nitrogen and oxygen atoms in total. The Kier molecular flexibility index (Phi) is 4.19. The first-order chi connectivity index (χ1) is 12.7. The van der Waals surface area contributed by atoms with E-state index in [4.69, 9.17) is 10.2 Å². The Labute approximate surface area is 151 Å². The van der Waals surface area contributed by atoms with Gasteiger partial charge >= 0.3 is 0 Å². The van der Waals surface area contributed by atoms with Gasteiger partial charge in [0.05, 0.1) is 35.9 Å². The quantitative estimate of drug-likeness (QED) is 0.710. The molecule has 0 aromatic carbocycles. The van der Waals surface area contributed by atoms with Crippen molar-refractivity contribution in [3.8, 4) is 17.3 Å². The van der Waals surface area contributed by atoms with Crippen molar-refractivity contribution in [2.24, 2.45) is 7.05 Å². The molecule has 0 spiro atoms. The van der Waals surface area contributed by atoms with Crippen molar-refractivity contribution >= 4 is 11.6 Å². The van der Waals surface area contributed by atoms with Crippen molar-refractivity contribution in [2.45, 2.75) is 0 Å². The maximum absolute atomic E-state index is 9.05. The van der Waals surface area contributed by atoms with E-state index < -0.39 is 0 Å². The van der Waals surface area contributed by atoms with Crippen molar-refractivity contribution in [1.29, 1.82) is 5.26 Å². The van der Waals surface area contributed by atoms with Gasteiger partial charge in [0.2, 0.25) is 0 Å². The van der Waals surface area contributed by atoms with Crippen LogP contribution in [0.5, 0.6) is 0 Å². The lowest BCUT2D eigenvalue weighted by atomic mass is 10.2. The Morgan fingerprint density at radius 1 is 1.04 bits per heavy atom. The Morgan fingerprint density at radius 3 is 2.50 bits per heavy atom. The first-order valence-electron chi connectivity index (χ1n) is 8.40. The van der Waals surface area contributed by atoms with Gasteiger partial charge in [0.15, 0.2) is 0 Å². The fraction of sp³-hybridized carbons (Fsp3) is 0.278. The summed E-state index contributed by atoms with van der Waals surface area (Å²) in [5.74, 6) is 1.71. The van der Waals surface area contributed by atoms with E-state index in [0.29, 0.717) is 5.56 Å². The van der Waals surface area contributed by atoms with Gasteiger partial charge in [0.25, 0.3) is 0 Å². The van der Waals surface area contributed by atoms with Gasteiger partial charge in [-0.25, -0.2) is 9.97 Å². The molecule has 1 fully saturated rings. The number of piperazine rings is 1. The number of pyridine rings is 1. The van der Waals surface area contributed by atoms with E-state index in [1.807, 2.05) is 19.3 Å². The monoisotopic (exact) mass is 346 g/mol. The van der Waals surface area contributed by atoms with Crippen LogP contribution in [0.1, 0.15) is 5.56 Å². The van der Waals surface area contributed by atoms with E-state index in [9.17, 15) is 0 Å². The van der Waals surface area contributed by atoms with Crippen molar-refractivity contribution in [3.05, 3.63) is 48.7 Å². The SMILES string of the molecule is Cn1cc(-c2cncc(N3CCN(c4cc(C#N)ccn4)CC3)n2)cn1. The van der Waals surface area contributed by atoms with Crippen LogP contribution < -0.4 is 9.80 Å². The molecule has 0 aliphatic carbocycles. The molecule has 3 aromatic rings. The molecule has 0 saturated carbocycles. The Hall–Kier alpha value is -3.47. The first kappa shape index (κ1) is 16.0. The number of hydrogen-bond acceptors (Lipinski definition) is 7. The lowest BCUT2D eigenvalue weighted by Crippen LogP contribution is -2.47. The summed E-state index contributed by atoms with van der Waals surface area (Å²) >= 11 is 0. The van der Waals surface area contributed by atoms with Crippen LogP contribution in [0.4, 0.5) is 11.6 Å². The largest absolute Gasteiger partial charge is 0.353 e. The van der Waals surface area contributed by atoms with Crippen LogP contribution >= 0.6 is 0 Å². The molecule has 0 N–H and O–H groups in total. The zero-order valence-electron chi connectivity index (χ0n) is 14.4. The first-order valence-corrected chi connectivity index (χ1v) is 8.40. The normalized spacial score (nSPS) is 14.3. The molecule has 4 rings (SSSR count). The highest BCUT2D eigenvalue weighted by Crippen LogP contribution is 2.21. The topological polar surface area (TPSA) is 86.8 Å². The Morgan fingerprint density at radius 2 is 1.81 bits per heavy atom. The predicted molar refractivity (Wildman–Crippen MR) is 97.6 cm³/mol. The van der Waals surface area contributed by atoms with Gasteiger partial charge in [0.1, 0.15) is 11.6 Å². The molecular weight excluding hydrogens is 328 g/mol. The maximum Gasteiger partial charge on any atom is 0.147 e. The highest BCUT2D eigenvalue weighted by molar-refractivity contribution is 5.58. The summed E-state index contributed by atoms with van der Waals surface area (Å²) in [5, 5.41) is 13.2. The minimum absolute atomic E-state index is 0.632. The summed E-state index contributed by atoms with van der Waals surface area (Å²) in [6.07, 6.45) is 8.96. The van der Waals surface area contributed by atoms with Gasteiger partial charge in [-0.2, -0.15) is 10.4 Å². The van der Waals surface area contributed by atoms with Crippen molar-refractivity contribution < 1.29 is 0 Å². The number of aryl methyl sites for hydroxylation is 1. The number of nitriles is 1. The molecule has 1 aliphatic heterocycles. The van der Waals surface area contributed by atoms with E-state index in [0.717, 1.165) is 49.1 Å². The average molecular weight is 346 g/mol. The highest BCUT2D eigenvalue weighted by atomic mass is 15.3. The molecule has 3 aromatic heterocycles. The molecule has 8 heteroatoms. The predicted octanol–water partition coefficient (Wildman–Crippen LogP) is 1.47. The number of hydrogen-bond donors (Lipinski definition) is 0. The van der Waals surface area contributed by atoms with Gasteiger partial charge in [0, 0.05) is 51.2 Å². The van der Waals surface area contributed by atoms with Crippen molar-refractivity contribution in [1.82, 2.24) is 24.7 Å². The van der Waals surface area contributed by atoms with Gasteiger partial charge in [-0.15, -0.1) is 0 Å². The fourth-order valence-electron chi connectivity index (χ4n) is 3.03.